The zero-order valence-electron chi connectivity index (χ0n) is 13.9. The predicted molar refractivity (Wildman–Crippen MR) is 98.2 cm³/mol. The van der Waals surface area contributed by atoms with E-state index in [0.29, 0.717) is 23.7 Å². The molecule has 3 rings (SSSR count). The molecule has 1 heterocycles. The summed E-state index contributed by atoms with van der Waals surface area (Å²) < 4.78 is 5.30. The van der Waals surface area contributed by atoms with Gasteiger partial charge in [-0.1, -0.05) is 29.8 Å². The highest BCUT2D eigenvalue weighted by Gasteiger charge is 2.29. The first kappa shape index (κ1) is 16.7. The second-order valence-electron chi connectivity index (χ2n) is 5.97. The fourth-order valence-electron chi connectivity index (χ4n) is 3.19. The Kier molecular flexibility index (Phi) is 4.95. The first-order chi connectivity index (χ1) is 11.6. The fraction of sp³-hybridized carbons (Fsp3) is 0.316. The van der Waals surface area contributed by atoms with Crippen LogP contribution in [0, 0.1) is 0 Å². The minimum atomic E-state index is 0.126. The van der Waals surface area contributed by atoms with E-state index in [-0.39, 0.29) is 11.9 Å². The summed E-state index contributed by atoms with van der Waals surface area (Å²) in [7, 11) is 1.61. The van der Waals surface area contributed by atoms with E-state index in [4.69, 9.17) is 16.3 Å². The minimum absolute atomic E-state index is 0.126. The quantitative estimate of drug-likeness (QED) is 0.886. The molecule has 0 radical (unpaired) electrons. The lowest BCUT2D eigenvalue weighted by atomic mass is 10.1. The van der Waals surface area contributed by atoms with Crippen molar-refractivity contribution in [1.29, 1.82) is 0 Å². The van der Waals surface area contributed by atoms with E-state index in [1.54, 1.807) is 19.2 Å². The maximum atomic E-state index is 12.7. The van der Waals surface area contributed by atoms with Crippen LogP contribution in [0.15, 0.2) is 42.5 Å². The van der Waals surface area contributed by atoms with Crippen LogP contribution in [0.1, 0.15) is 18.9 Å². The van der Waals surface area contributed by atoms with Crippen LogP contribution in [-0.2, 0) is 11.2 Å². The lowest BCUT2D eigenvalue weighted by molar-refractivity contribution is -0.118. The molecule has 1 aliphatic heterocycles. The number of fused-ring (bicyclic) bond motifs is 1. The van der Waals surface area contributed by atoms with Gasteiger partial charge in [0.25, 0.3) is 0 Å². The zero-order chi connectivity index (χ0) is 17.1. The van der Waals surface area contributed by atoms with Crippen LogP contribution in [0.25, 0.3) is 0 Å². The molecule has 1 N–H and O–H groups in total. The van der Waals surface area contributed by atoms with Crippen molar-refractivity contribution in [2.75, 3.05) is 23.9 Å². The maximum absolute atomic E-state index is 12.7. The number of nitrogens with one attached hydrogen (secondary N) is 1. The molecule has 2 aromatic carbocycles. The van der Waals surface area contributed by atoms with Gasteiger partial charge in [0, 0.05) is 29.7 Å². The number of halogens is 1. The largest absolute Gasteiger partial charge is 0.495 e. The van der Waals surface area contributed by atoms with Crippen molar-refractivity contribution < 1.29 is 9.53 Å². The highest BCUT2D eigenvalue weighted by Crippen LogP contribution is 2.32. The summed E-state index contributed by atoms with van der Waals surface area (Å²) in [6.07, 6.45) is 1.33. The molecule has 5 heteroatoms. The highest BCUT2D eigenvalue weighted by molar-refractivity contribution is 6.30. The van der Waals surface area contributed by atoms with Gasteiger partial charge in [-0.3, -0.25) is 4.79 Å². The molecule has 0 spiro atoms. The molecule has 0 fully saturated rings. The number of para-hydroxylation sites is 1. The Hall–Kier alpha value is -2.20. The van der Waals surface area contributed by atoms with E-state index in [9.17, 15) is 4.79 Å². The van der Waals surface area contributed by atoms with Crippen LogP contribution in [0.3, 0.4) is 0 Å². The van der Waals surface area contributed by atoms with Crippen molar-refractivity contribution in [1.82, 2.24) is 0 Å². The van der Waals surface area contributed by atoms with Gasteiger partial charge in [0.1, 0.15) is 5.75 Å². The number of methoxy groups -OCH3 is 1. The van der Waals surface area contributed by atoms with Crippen molar-refractivity contribution in [2.45, 2.75) is 25.8 Å². The van der Waals surface area contributed by atoms with E-state index in [1.807, 2.05) is 29.2 Å². The third-order valence-electron chi connectivity index (χ3n) is 4.29. The molecule has 1 amide bonds. The van der Waals surface area contributed by atoms with Gasteiger partial charge in [-0.15, -0.1) is 0 Å². The first-order valence-corrected chi connectivity index (χ1v) is 8.45. The molecule has 2 aromatic rings. The number of amides is 1. The SMILES string of the molecule is COc1ccc(Cl)cc1NCCC(=O)N1c2ccccc2CC1C. The van der Waals surface area contributed by atoms with Gasteiger partial charge in [-0.2, -0.15) is 0 Å². The third kappa shape index (κ3) is 3.34. The Bertz CT molecular complexity index is 748. The molecular formula is C19H21ClN2O2. The number of carbonyl (C=O) groups excluding carboxylic acids is 1. The Morgan fingerprint density at radius 2 is 2.12 bits per heavy atom. The third-order valence-corrected chi connectivity index (χ3v) is 4.53. The van der Waals surface area contributed by atoms with E-state index in [0.717, 1.165) is 17.8 Å². The van der Waals surface area contributed by atoms with Crippen LogP contribution >= 0.6 is 11.6 Å². The summed E-state index contributed by atoms with van der Waals surface area (Å²) in [6, 6.07) is 13.7. The van der Waals surface area contributed by atoms with E-state index < -0.39 is 0 Å². The Labute approximate surface area is 147 Å². The molecule has 0 bridgehead atoms. The summed E-state index contributed by atoms with van der Waals surface area (Å²) in [5.41, 5.74) is 3.07. The van der Waals surface area contributed by atoms with Crippen LogP contribution in [0.5, 0.6) is 5.75 Å². The Morgan fingerprint density at radius 1 is 1.33 bits per heavy atom. The minimum Gasteiger partial charge on any atom is -0.495 e. The Balaban J connectivity index is 1.64. The van der Waals surface area contributed by atoms with Crippen molar-refractivity contribution in [3.63, 3.8) is 0 Å². The van der Waals surface area contributed by atoms with Gasteiger partial charge in [0.05, 0.1) is 12.8 Å². The topological polar surface area (TPSA) is 41.6 Å². The smallest absolute Gasteiger partial charge is 0.229 e. The van der Waals surface area contributed by atoms with Crippen molar-refractivity contribution in [2.24, 2.45) is 0 Å². The van der Waals surface area contributed by atoms with Crippen molar-refractivity contribution in [3.05, 3.63) is 53.1 Å². The fourth-order valence-corrected chi connectivity index (χ4v) is 3.36. The molecule has 0 saturated carbocycles. The van der Waals surface area contributed by atoms with Gasteiger partial charge >= 0.3 is 0 Å². The monoisotopic (exact) mass is 344 g/mol. The highest BCUT2D eigenvalue weighted by atomic mass is 35.5. The number of ether oxygens (including phenoxy) is 1. The summed E-state index contributed by atoms with van der Waals surface area (Å²) in [5, 5.41) is 3.87. The number of hydrogen-bond donors (Lipinski definition) is 1. The molecule has 1 atom stereocenters. The number of rotatable bonds is 5. The van der Waals surface area contributed by atoms with E-state index in [2.05, 4.69) is 18.3 Å². The molecule has 0 aliphatic carbocycles. The van der Waals surface area contributed by atoms with Gasteiger partial charge in [-0.25, -0.2) is 0 Å². The Morgan fingerprint density at radius 3 is 2.92 bits per heavy atom. The summed E-state index contributed by atoms with van der Waals surface area (Å²) in [5.74, 6) is 0.840. The molecule has 0 aromatic heterocycles. The zero-order valence-corrected chi connectivity index (χ0v) is 14.6. The van der Waals surface area contributed by atoms with Crippen LogP contribution in [-0.4, -0.2) is 25.6 Å². The van der Waals surface area contributed by atoms with Gasteiger partial charge in [0.15, 0.2) is 0 Å². The maximum Gasteiger partial charge on any atom is 0.229 e. The van der Waals surface area contributed by atoms with Crippen molar-refractivity contribution in [3.8, 4) is 5.75 Å². The van der Waals surface area contributed by atoms with Crippen LogP contribution in [0.4, 0.5) is 11.4 Å². The van der Waals surface area contributed by atoms with E-state index >= 15 is 0 Å². The van der Waals surface area contributed by atoms with Gasteiger partial charge in [-0.05, 0) is 43.2 Å². The standard InChI is InChI=1S/C19H21ClN2O2/c1-13-11-14-5-3-4-6-17(14)22(13)19(23)9-10-21-16-12-15(20)7-8-18(16)24-2/h3-8,12-13,21H,9-11H2,1-2H3. The second kappa shape index (κ2) is 7.14. The normalized spacial score (nSPS) is 16.0. The number of anilines is 2. The average Bonchev–Trinajstić information content (AvgIpc) is 2.90. The summed E-state index contributed by atoms with van der Waals surface area (Å²) >= 11 is 6.02. The summed E-state index contributed by atoms with van der Waals surface area (Å²) in [4.78, 5) is 14.6. The number of carbonyl (C=O) groups is 1. The number of nitrogens with zero attached hydrogens (tertiary/aromatic N) is 1. The van der Waals surface area contributed by atoms with Crippen molar-refractivity contribution >= 4 is 28.9 Å². The molecule has 1 aliphatic rings. The second-order valence-corrected chi connectivity index (χ2v) is 6.40. The lowest BCUT2D eigenvalue weighted by Crippen LogP contribution is -2.36. The molecular weight excluding hydrogens is 324 g/mol. The predicted octanol–water partition coefficient (Wildman–Crippen LogP) is 4.13. The molecule has 4 nitrogen and oxygen atoms in total. The molecule has 0 saturated heterocycles. The van der Waals surface area contributed by atoms with Gasteiger partial charge in [0.2, 0.25) is 5.91 Å². The van der Waals surface area contributed by atoms with Crippen LogP contribution < -0.4 is 15.0 Å². The van der Waals surface area contributed by atoms with Crippen LogP contribution in [0.2, 0.25) is 5.02 Å². The number of benzene rings is 2. The lowest BCUT2D eigenvalue weighted by Gasteiger charge is -2.23. The first-order valence-electron chi connectivity index (χ1n) is 8.07. The molecule has 126 valence electrons. The van der Waals surface area contributed by atoms with E-state index in [1.165, 1.54) is 5.56 Å². The number of hydrogen-bond acceptors (Lipinski definition) is 3. The molecule has 1 unspecified atom stereocenters. The molecule has 24 heavy (non-hydrogen) atoms. The summed E-state index contributed by atoms with van der Waals surface area (Å²) in [6.45, 7) is 2.62. The average molecular weight is 345 g/mol. The van der Waals surface area contributed by atoms with Gasteiger partial charge < -0.3 is 15.0 Å².